The highest BCUT2D eigenvalue weighted by atomic mass is 19.1. The maximum Gasteiger partial charge on any atom is 0.210 e. The van der Waals surface area contributed by atoms with E-state index in [4.69, 9.17) is 0 Å². The first-order chi connectivity index (χ1) is 12.8. The summed E-state index contributed by atoms with van der Waals surface area (Å²) in [5.74, 6) is 1.23. The van der Waals surface area contributed by atoms with Crippen molar-refractivity contribution in [1.29, 1.82) is 0 Å². The van der Waals surface area contributed by atoms with E-state index in [1.165, 1.54) is 11.0 Å². The molecule has 1 aromatic heterocycles. The summed E-state index contributed by atoms with van der Waals surface area (Å²) in [5.41, 5.74) is 0.593. The van der Waals surface area contributed by atoms with Crippen LogP contribution < -0.4 is 9.80 Å². The fourth-order valence-corrected chi connectivity index (χ4v) is 3.98. The van der Waals surface area contributed by atoms with Crippen molar-refractivity contribution >= 4 is 5.69 Å². The van der Waals surface area contributed by atoms with Crippen LogP contribution in [-0.2, 0) is 5.54 Å². The average Bonchev–Trinajstić information content (AvgIpc) is 3.13. The topological polar surface area (TPSA) is 51.3 Å². The molecular weight excluding hydrogens is 343 g/mol. The van der Waals surface area contributed by atoms with Crippen molar-refractivity contribution < 1.29 is 9.29 Å². The van der Waals surface area contributed by atoms with Crippen LogP contribution in [0.25, 0.3) is 0 Å². The normalized spacial score (nSPS) is 17.5. The van der Waals surface area contributed by atoms with Crippen LogP contribution in [0.5, 0.6) is 0 Å². The number of piperazine rings is 1. The number of aromatic nitrogens is 4. The van der Waals surface area contributed by atoms with Gasteiger partial charge in [-0.15, -0.1) is 5.10 Å². The molecule has 7 heteroatoms. The van der Waals surface area contributed by atoms with Crippen LogP contribution in [0.2, 0.25) is 0 Å². The first-order valence-electron chi connectivity index (χ1n) is 9.98. The van der Waals surface area contributed by atoms with E-state index in [1.807, 2.05) is 16.8 Å². The van der Waals surface area contributed by atoms with Gasteiger partial charge in [-0.3, -0.25) is 0 Å². The van der Waals surface area contributed by atoms with Gasteiger partial charge in [0.1, 0.15) is 5.82 Å². The number of tetrazole rings is 1. The predicted molar refractivity (Wildman–Crippen MR) is 104 cm³/mol. The van der Waals surface area contributed by atoms with E-state index in [-0.39, 0.29) is 17.4 Å². The van der Waals surface area contributed by atoms with Gasteiger partial charge in [-0.1, -0.05) is 32.9 Å². The highest BCUT2D eigenvalue weighted by molar-refractivity contribution is 5.47. The molecule has 0 bridgehead atoms. The monoisotopic (exact) mass is 375 g/mol. The summed E-state index contributed by atoms with van der Waals surface area (Å²) < 4.78 is 16.1. The van der Waals surface area contributed by atoms with Crippen molar-refractivity contribution in [2.75, 3.05) is 31.1 Å². The molecule has 3 rings (SSSR count). The highest BCUT2D eigenvalue weighted by Gasteiger charge is 2.37. The number of rotatable bonds is 6. The summed E-state index contributed by atoms with van der Waals surface area (Å²) in [6.45, 7) is 14.5. The second-order valence-electron chi connectivity index (χ2n) is 8.43. The molecule has 1 fully saturated rings. The molecule has 1 aliphatic heterocycles. The lowest BCUT2D eigenvalue weighted by Gasteiger charge is -2.39. The number of benzene rings is 1. The standard InChI is InChI=1S/C20H31FN6/c1-6-20(4,5)27-19(22-23-24-27)18(15(2)3)26-13-11-25(12-14-26)17-10-8-7-9-16(17)21/h7-10,15,18H,6,11-14H2,1-5H3/p+1/t18-/m1/s1. The van der Waals surface area contributed by atoms with Gasteiger partial charge in [-0.25, -0.2) is 9.07 Å². The quantitative estimate of drug-likeness (QED) is 0.840. The van der Waals surface area contributed by atoms with Crippen molar-refractivity contribution in [2.45, 2.75) is 52.6 Å². The van der Waals surface area contributed by atoms with E-state index >= 15 is 0 Å². The van der Waals surface area contributed by atoms with Crippen LogP contribution in [0.15, 0.2) is 24.3 Å². The molecule has 0 unspecified atom stereocenters. The Balaban J connectivity index is 1.79. The smallest absolute Gasteiger partial charge is 0.210 e. The summed E-state index contributed by atoms with van der Waals surface area (Å²) in [5, 5.41) is 12.7. The number of hydrogen-bond acceptors (Lipinski definition) is 4. The van der Waals surface area contributed by atoms with E-state index in [0.717, 1.165) is 38.4 Å². The maximum atomic E-state index is 14.1. The molecule has 0 saturated carbocycles. The minimum Gasteiger partial charge on any atom is -0.358 e. The second kappa shape index (κ2) is 7.92. The van der Waals surface area contributed by atoms with E-state index < -0.39 is 0 Å². The van der Waals surface area contributed by atoms with Crippen molar-refractivity contribution in [3.8, 4) is 0 Å². The number of nitrogens with one attached hydrogen (secondary N) is 1. The van der Waals surface area contributed by atoms with Crippen molar-refractivity contribution in [1.82, 2.24) is 20.2 Å². The number of hydrogen-bond donors (Lipinski definition) is 1. The SMILES string of the molecule is CCC(C)(C)n1nnnc1[C@@H](C(C)C)[NH+]1CCN(c2ccccc2F)CC1. The Labute approximate surface area is 161 Å². The molecule has 1 saturated heterocycles. The Bertz CT molecular complexity index is 748. The van der Waals surface area contributed by atoms with Crippen LogP contribution in [0.3, 0.4) is 0 Å². The molecule has 6 nitrogen and oxygen atoms in total. The highest BCUT2D eigenvalue weighted by Crippen LogP contribution is 2.25. The van der Waals surface area contributed by atoms with Crippen LogP contribution in [0.4, 0.5) is 10.1 Å². The van der Waals surface area contributed by atoms with Gasteiger partial charge in [0.05, 0.1) is 37.4 Å². The lowest BCUT2D eigenvalue weighted by molar-refractivity contribution is -0.937. The second-order valence-corrected chi connectivity index (χ2v) is 8.43. The van der Waals surface area contributed by atoms with Gasteiger partial charge in [-0.05, 0) is 42.8 Å². The van der Waals surface area contributed by atoms with Crippen molar-refractivity contribution in [3.05, 3.63) is 35.9 Å². The summed E-state index contributed by atoms with van der Waals surface area (Å²) >= 11 is 0. The van der Waals surface area contributed by atoms with E-state index in [2.05, 4.69) is 55.0 Å². The molecule has 0 aliphatic carbocycles. The summed E-state index contributed by atoms with van der Waals surface area (Å²) in [6, 6.07) is 7.27. The minimum absolute atomic E-state index is 0.111. The fraction of sp³-hybridized carbons (Fsp3) is 0.650. The maximum absolute atomic E-state index is 14.1. The number of para-hydroxylation sites is 1. The number of quaternary nitrogens is 1. The van der Waals surface area contributed by atoms with Crippen molar-refractivity contribution in [3.63, 3.8) is 0 Å². The lowest BCUT2D eigenvalue weighted by atomic mass is 9.97. The third kappa shape index (κ3) is 3.98. The zero-order valence-corrected chi connectivity index (χ0v) is 17.1. The summed E-state index contributed by atoms with van der Waals surface area (Å²) in [6.07, 6.45) is 0.965. The number of anilines is 1. The lowest BCUT2D eigenvalue weighted by Crippen LogP contribution is -3.15. The molecule has 1 aliphatic rings. The largest absolute Gasteiger partial charge is 0.358 e. The van der Waals surface area contributed by atoms with E-state index in [1.54, 1.807) is 6.07 Å². The molecule has 2 heterocycles. The molecule has 1 atom stereocenters. The van der Waals surface area contributed by atoms with Crippen LogP contribution in [0, 0.1) is 11.7 Å². The van der Waals surface area contributed by atoms with Crippen LogP contribution in [0.1, 0.15) is 52.9 Å². The summed E-state index contributed by atoms with van der Waals surface area (Å²) in [4.78, 5) is 3.62. The van der Waals surface area contributed by atoms with E-state index in [0.29, 0.717) is 11.6 Å². The van der Waals surface area contributed by atoms with Gasteiger partial charge in [0.25, 0.3) is 0 Å². The van der Waals surface area contributed by atoms with Gasteiger partial charge in [0.15, 0.2) is 6.04 Å². The van der Waals surface area contributed by atoms with Crippen LogP contribution >= 0.6 is 0 Å². The third-order valence-corrected chi connectivity index (χ3v) is 5.92. The Morgan fingerprint density at radius 3 is 2.44 bits per heavy atom. The van der Waals surface area contributed by atoms with E-state index in [9.17, 15) is 4.39 Å². The van der Waals surface area contributed by atoms with Gasteiger partial charge in [-0.2, -0.15) is 0 Å². The molecule has 0 amide bonds. The Kier molecular flexibility index (Phi) is 5.79. The number of nitrogens with zero attached hydrogens (tertiary/aromatic N) is 5. The first kappa shape index (κ1) is 19.7. The molecule has 0 radical (unpaired) electrons. The first-order valence-corrected chi connectivity index (χ1v) is 9.98. The zero-order valence-electron chi connectivity index (χ0n) is 17.1. The average molecular weight is 376 g/mol. The van der Waals surface area contributed by atoms with Gasteiger partial charge in [0.2, 0.25) is 5.82 Å². The molecule has 2 aromatic rings. The van der Waals surface area contributed by atoms with Crippen LogP contribution in [-0.4, -0.2) is 46.4 Å². The van der Waals surface area contributed by atoms with Gasteiger partial charge in [0, 0.05) is 5.92 Å². The Morgan fingerprint density at radius 1 is 1.19 bits per heavy atom. The molecular formula is C20H32FN6+. The van der Waals surface area contributed by atoms with Crippen molar-refractivity contribution in [2.24, 2.45) is 5.92 Å². The zero-order chi connectivity index (χ0) is 19.6. The molecule has 1 N–H and O–H groups in total. The Morgan fingerprint density at radius 2 is 1.85 bits per heavy atom. The Hall–Kier alpha value is -2.02. The number of halogens is 1. The van der Waals surface area contributed by atoms with Gasteiger partial charge < -0.3 is 9.80 Å². The third-order valence-electron chi connectivity index (χ3n) is 5.92. The fourth-order valence-electron chi connectivity index (χ4n) is 3.98. The molecule has 148 valence electrons. The molecule has 27 heavy (non-hydrogen) atoms. The molecule has 0 spiro atoms. The van der Waals surface area contributed by atoms with Gasteiger partial charge >= 0.3 is 0 Å². The predicted octanol–water partition coefficient (Wildman–Crippen LogP) is 2.06. The minimum atomic E-state index is -0.144. The molecule has 1 aromatic carbocycles. The summed E-state index contributed by atoms with van der Waals surface area (Å²) in [7, 11) is 0.